The molecular weight excluding hydrogens is 246 g/mol. The average molecular weight is 265 g/mol. The Balaban J connectivity index is 1.98. The molecule has 1 amide bonds. The van der Waals surface area contributed by atoms with Crippen LogP contribution in [0.5, 0.6) is 0 Å². The third-order valence-electron chi connectivity index (χ3n) is 3.61. The maximum Gasteiger partial charge on any atom is 0.305 e. The van der Waals surface area contributed by atoms with Gasteiger partial charge in [-0.25, -0.2) is 0 Å². The molecule has 1 fully saturated rings. The number of nitrogens with zero attached hydrogens (tertiary/aromatic N) is 1. The first kappa shape index (κ1) is 13.6. The van der Waals surface area contributed by atoms with Crippen molar-refractivity contribution in [1.82, 2.24) is 15.5 Å². The van der Waals surface area contributed by atoms with Gasteiger partial charge < -0.3 is 10.4 Å². The zero-order valence-corrected chi connectivity index (χ0v) is 10.8. The van der Waals surface area contributed by atoms with Crippen molar-refractivity contribution in [3.63, 3.8) is 0 Å². The Labute approximate surface area is 111 Å². The molecule has 0 aliphatic heterocycles. The molecule has 0 radical (unpaired) electrons. The molecule has 104 valence electrons. The van der Waals surface area contributed by atoms with E-state index >= 15 is 0 Å². The standard InChI is InChI=1S/C13H19N3O3/c17-11(8-10-4-7-14-16-10)15-13(9-12(18)19)5-2-1-3-6-13/h4,7H,1-3,5-6,8-9H2,(H,14,16)(H,15,17)(H,18,19). The number of rotatable bonds is 5. The van der Waals surface area contributed by atoms with Gasteiger partial charge in [-0.15, -0.1) is 0 Å². The number of nitrogens with one attached hydrogen (secondary N) is 2. The normalized spacial score (nSPS) is 17.9. The van der Waals surface area contributed by atoms with Crippen LogP contribution >= 0.6 is 0 Å². The molecule has 1 aliphatic carbocycles. The van der Waals surface area contributed by atoms with Gasteiger partial charge in [-0.05, 0) is 18.9 Å². The van der Waals surface area contributed by atoms with E-state index in [2.05, 4.69) is 15.5 Å². The molecule has 0 unspecified atom stereocenters. The quantitative estimate of drug-likeness (QED) is 0.746. The molecule has 1 aromatic heterocycles. The lowest BCUT2D eigenvalue weighted by molar-refractivity contribution is -0.139. The summed E-state index contributed by atoms with van der Waals surface area (Å²) in [5.41, 5.74) is 0.167. The Morgan fingerprint density at radius 1 is 1.37 bits per heavy atom. The van der Waals surface area contributed by atoms with E-state index < -0.39 is 11.5 Å². The predicted octanol–water partition coefficient (Wildman–Crippen LogP) is 1.25. The van der Waals surface area contributed by atoms with Crippen molar-refractivity contribution in [1.29, 1.82) is 0 Å². The number of aliphatic carboxylic acids is 1. The van der Waals surface area contributed by atoms with Crippen LogP contribution in [0.1, 0.15) is 44.2 Å². The van der Waals surface area contributed by atoms with Crippen molar-refractivity contribution >= 4 is 11.9 Å². The maximum atomic E-state index is 12.0. The number of amides is 1. The SMILES string of the molecule is O=C(O)CC1(NC(=O)Cc2ccn[nH]2)CCCCC1. The zero-order valence-electron chi connectivity index (χ0n) is 10.8. The number of hydrogen-bond acceptors (Lipinski definition) is 3. The minimum atomic E-state index is -0.858. The topological polar surface area (TPSA) is 95.1 Å². The highest BCUT2D eigenvalue weighted by molar-refractivity contribution is 5.80. The van der Waals surface area contributed by atoms with Gasteiger partial charge in [-0.2, -0.15) is 5.10 Å². The second kappa shape index (κ2) is 5.86. The smallest absolute Gasteiger partial charge is 0.305 e. The van der Waals surface area contributed by atoms with Gasteiger partial charge in [-0.3, -0.25) is 14.7 Å². The van der Waals surface area contributed by atoms with Crippen LogP contribution in [0, 0.1) is 0 Å². The number of carbonyl (C=O) groups is 2. The Kier molecular flexibility index (Phi) is 4.19. The molecule has 2 rings (SSSR count). The molecule has 0 saturated heterocycles. The monoisotopic (exact) mass is 265 g/mol. The van der Waals surface area contributed by atoms with E-state index in [0.29, 0.717) is 0 Å². The van der Waals surface area contributed by atoms with Gasteiger partial charge in [-0.1, -0.05) is 19.3 Å². The van der Waals surface area contributed by atoms with Gasteiger partial charge in [0.2, 0.25) is 5.91 Å². The van der Waals surface area contributed by atoms with Crippen LogP contribution in [-0.4, -0.2) is 32.7 Å². The molecule has 1 heterocycles. The van der Waals surface area contributed by atoms with Crippen LogP contribution in [0.4, 0.5) is 0 Å². The first-order chi connectivity index (χ1) is 9.10. The summed E-state index contributed by atoms with van der Waals surface area (Å²) in [7, 11) is 0. The molecule has 19 heavy (non-hydrogen) atoms. The van der Waals surface area contributed by atoms with Gasteiger partial charge in [0.25, 0.3) is 0 Å². The van der Waals surface area contributed by atoms with E-state index in [9.17, 15) is 9.59 Å². The summed E-state index contributed by atoms with van der Waals surface area (Å²) >= 11 is 0. The van der Waals surface area contributed by atoms with Crippen molar-refractivity contribution in [2.75, 3.05) is 0 Å². The molecule has 0 atom stereocenters. The Hall–Kier alpha value is -1.85. The fourth-order valence-electron chi connectivity index (χ4n) is 2.76. The molecule has 0 bridgehead atoms. The van der Waals surface area contributed by atoms with Crippen LogP contribution in [0.3, 0.4) is 0 Å². The highest BCUT2D eigenvalue weighted by atomic mass is 16.4. The number of carbonyl (C=O) groups excluding carboxylic acids is 1. The highest BCUT2D eigenvalue weighted by Crippen LogP contribution is 2.31. The van der Waals surface area contributed by atoms with Gasteiger partial charge in [0.1, 0.15) is 0 Å². The molecule has 6 heteroatoms. The predicted molar refractivity (Wildman–Crippen MR) is 68.5 cm³/mol. The van der Waals surface area contributed by atoms with E-state index in [1.807, 2.05) is 0 Å². The fraction of sp³-hybridized carbons (Fsp3) is 0.615. The highest BCUT2D eigenvalue weighted by Gasteiger charge is 2.35. The Bertz CT molecular complexity index is 436. The first-order valence-electron chi connectivity index (χ1n) is 6.61. The van der Waals surface area contributed by atoms with Gasteiger partial charge in [0.15, 0.2) is 0 Å². The average Bonchev–Trinajstić information content (AvgIpc) is 2.81. The van der Waals surface area contributed by atoms with Crippen molar-refractivity contribution in [3.8, 4) is 0 Å². The zero-order chi connectivity index (χ0) is 13.7. The molecule has 1 aromatic rings. The van der Waals surface area contributed by atoms with Crippen LogP contribution in [0.2, 0.25) is 0 Å². The number of hydrogen-bond donors (Lipinski definition) is 3. The molecule has 1 saturated carbocycles. The fourth-order valence-corrected chi connectivity index (χ4v) is 2.76. The molecule has 0 aromatic carbocycles. The summed E-state index contributed by atoms with van der Waals surface area (Å²) in [5.74, 6) is -1.00. The minimum Gasteiger partial charge on any atom is -0.481 e. The van der Waals surface area contributed by atoms with E-state index in [1.54, 1.807) is 12.3 Å². The molecule has 6 nitrogen and oxygen atoms in total. The van der Waals surface area contributed by atoms with Crippen LogP contribution in [-0.2, 0) is 16.0 Å². The lowest BCUT2D eigenvalue weighted by Gasteiger charge is -2.37. The summed E-state index contributed by atoms with van der Waals surface area (Å²) < 4.78 is 0. The maximum absolute atomic E-state index is 12.0. The number of carboxylic acid groups (broad SMARTS) is 1. The Morgan fingerprint density at radius 3 is 2.68 bits per heavy atom. The summed E-state index contributed by atoms with van der Waals surface area (Å²) in [6.45, 7) is 0. The van der Waals surface area contributed by atoms with Gasteiger partial charge in [0, 0.05) is 11.9 Å². The Morgan fingerprint density at radius 2 is 2.11 bits per heavy atom. The molecule has 0 spiro atoms. The van der Waals surface area contributed by atoms with E-state index in [4.69, 9.17) is 5.11 Å². The van der Waals surface area contributed by atoms with E-state index in [-0.39, 0.29) is 18.7 Å². The van der Waals surface area contributed by atoms with Crippen LogP contribution in [0.15, 0.2) is 12.3 Å². The van der Waals surface area contributed by atoms with Crippen LogP contribution in [0.25, 0.3) is 0 Å². The second-order valence-corrected chi connectivity index (χ2v) is 5.22. The summed E-state index contributed by atoms with van der Waals surface area (Å²) in [4.78, 5) is 23.0. The largest absolute Gasteiger partial charge is 0.481 e. The van der Waals surface area contributed by atoms with Gasteiger partial charge >= 0.3 is 5.97 Å². The van der Waals surface area contributed by atoms with Crippen LogP contribution < -0.4 is 5.32 Å². The van der Waals surface area contributed by atoms with Crippen molar-refractivity contribution in [3.05, 3.63) is 18.0 Å². The van der Waals surface area contributed by atoms with Crippen molar-refractivity contribution in [2.45, 2.75) is 50.5 Å². The third kappa shape index (κ3) is 3.81. The molecule has 3 N–H and O–H groups in total. The first-order valence-corrected chi connectivity index (χ1v) is 6.61. The third-order valence-corrected chi connectivity index (χ3v) is 3.61. The lowest BCUT2D eigenvalue weighted by atomic mass is 9.79. The van der Waals surface area contributed by atoms with E-state index in [1.165, 1.54) is 0 Å². The lowest BCUT2D eigenvalue weighted by Crippen LogP contribution is -2.51. The summed E-state index contributed by atoms with van der Waals surface area (Å²) in [6, 6.07) is 1.74. The van der Waals surface area contributed by atoms with Crippen molar-refractivity contribution in [2.24, 2.45) is 0 Å². The number of aromatic nitrogens is 2. The molecular formula is C13H19N3O3. The summed E-state index contributed by atoms with van der Waals surface area (Å²) in [6.07, 6.45) is 6.34. The molecule has 1 aliphatic rings. The second-order valence-electron chi connectivity index (χ2n) is 5.22. The van der Waals surface area contributed by atoms with Gasteiger partial charge in [0.05, 0.1) is 18.4 Å². The van der Waals surface area contributed by atoms with Crippen molar-refractivity contribution < 1.29 is 14.7 Å². The minimum absolute atomic E-state index is 0.00170. The number of aromatic amines is 1. The van der Waals surface area contributed by atoms with E-state index in [0.717, 1.165) is 37.8 Å². The number of carboxylic acids is 1. The number of H-pyrrole nitrogens is 1. The summed E-state index contributed by atoms with van der Waals surface area (Å²) in [5, 5.41) is 18.5.